The Morgan fingerprint density at radius 3 is 1.28 bits per heavy atom. The SMILES string of the molecule is CNC(=O)c1cc(=O)n(CCN2CCC(NCc3ccc4c(c3)OCCO4)CC2)c2cc(C)ccc12.CNC(=O)c1cc(=O)n(CCN2CCC(NCc3ccc4c(c3)OCCO4)CC2)c2cc(C)ccc12. The average Bonchev–Trinajstić information content (AvgIpc) is 3.41. The molecule has 2 fully saturated rings. The average molecular weight is 981 g/mol. The molecule has 4 aliphatic rings. The molecule has 72 heavy (non-hydrogen) atoms. The van der Waals surface area contributed by atoms with E-state index in [0.717, 1.165) is 134 Å². The summed E-state index contributed by atoms with van der Waals surface area (Å²) in [6, 6.07) is 28.0. The van der Waals surface area contributed by atoms with E-state index in [0.29, 0.717) is 62.7 Å². The molecule has 6 aromatic rings. The fourth-order valence-corrected chi connectivity index (χ4v) is 10.2. The van der Waals surface area contributed by atoms with Crippen molar-refractivity contribution in [3.63, 3.8) is 0 Å². The summed E-state index contributed by atoms with van der Waals surface area (Å²) < 4.78 is 26.2. The van der Waals surface area contributed by atoms with Crippen LogP contribution in [0.4, 0.5) is 0 Å². The van der Waals surface area contributed by atoms with Crippen molar-refractivity contribution in [2.75, 3.05) is 79.8 Å². The molecule has 4 N–H and O–H groups in total. The maximum Gasteiger partial charge on any atom is 0.251 e. The number of carbonyl (C=O) groups excluding carboxylic acids is 2. The lowest BCUT2D eigenvalue weighted by atomic mass is 10.0. The third kappa shape index (κ3) is 12.0. The molecular weight excluding hydrogens is 913 g/mol. The van der Waals surface area contributed by atoms with E-state index in [1.54, 1.807) is 23.2 Å². The number of benzene rings is 4. The van der Waals surface area contributed by atoms with Crippen LogP contribution in [0.1, 0.15) is 68.7 Å². The first-order chi connectivity index (χ1) is 35.0. The van der Waals surface area contributed by atoms with Crippen molar-refractivity contribution in [2.24, 2.45) is 0 Å². The third-order valence-corrected chi connectivity index (χ3v) is 14.3. The van der Waals surface area contributed by atoms with E-state index >= 15 is 0 Å². The predicted molar refractivity (Wildman–Crippen MR) is 280 cm³/mol. The number of ether oxygens (including phenoxy) is 4. The quantitative estimate of drug-likeness (QED) is 0.110. The number of aromatic nitrogens is 2. The van der Waals surface area contributed by atoms with Crippen LogP contribution < -0.4 is 51.3 Å². The van der Waals surface area contributed by atoms with Gasteiger partial charge < -0.3 is 59.1 Å². The summed E-state index contributed by atoms with van der Waals surface area (Å²) in [5.74, 6) is 2.83. The minimum absolute atomic E-state index is 0.136. The van der Waals surface area contributed by atoms with Gasteiger partial charge in [0.05, 0.1) is 22.2 Å². The number of fused-ring (bicyclic) bond motifs is 4. The Kier molecular flexibility index (Phi) is 16.2. The van der Waals surface area contributed by atoms with Gasteiger partial charge in [0, 0.05) is 88.4 Å². The van der Waals surface area contributed by atoms with Gasteiger partial charge in [0.1, 0.15) is 26.4 Å². The third-order valence-electron chi connectivity index (χ3n) is 14.3. The minimum Gasteiger partial charge on any atom is -0.486 e. The van der Waals surface area contributed by atoms with Crippen LogP contribution in [-0.2, 0) is 26.2 Å². The second kappa shape index (κ2) is 23.2. The van der Waals surface area contributed by atoms with Gasteiger partial charge in [-0.25, -0.2) is 0 Å². The van der Waals surface area contributed by atoms with Crippen molar-refractivity contribution in [1.82, 2.24) is 40.2 Å². The number of hydrogen-bond donors (Lipinski definition) is 4. The summed E-state index contributed by atoms with van der Waals surface area (Å²) in [7, 11) is 3.17. The Morgan fingerprint density at radius 2 is 0.889 bits per heavy atom. The molecule has 2 amide bonds. The number of likely N-dealkylation sites (tertiary alicyclic amines) is 2. The second-order valence-electron chi connectivity index (χ2n) is 19.2. The molecule has 380 valence electrons. The summed E-state index contributed by atoms with van der Waals surface area (Å²) in [5, 5.41) is 14.3. The number of nitrogens with zero attached hydrogens (tertiary/aromatic N) is 4. The van der Waals surface area contributed by atoms with Crippen molar-refractivity contribution < 1.29 is 28.5 Å². The first-order valence-corrected chi connectivity index (χ1v) is 25.4. The lowest BCUT2D eigenvalue weighted by Gasteiger charge is -2.32. The number of amides is 2. The van der Waals surface area contributed by atoms with Crippen LogP contribution in [0.3, 0.4) is 0 Å². The first-order valence-electron chi connectivity index (χ1n) is 25.4. The van der Waals surface area contributed by atoms with Gasteiger partial charge in [0.2, 0.25) is 0 Å². The minimum atomic E-state index is -0.237. The van der Waals surface area contributed by atoms with E-state index in [1.807, 2.05) is 62.4 Å². The van der Waals surface area contributed by atoms with Crippen LogP contribution in [0.15, 0.2) is 94.5 Å². The van der Waals surface area contributed by atoms with E-state index in [-0.39, 0.29) is 22.9 Å². The van der Waals surface area contributed by atoms with Crippen molar-refractivity contribution >= 4 is 33.6 Å². The Morgan fingerprint density at radius 1 is 0.500 bits per heavy atom. The van der Waals surface area contributed by atoms with E-state index in [4.69, 9.17) is 18.9 Å². The fourth-order valence-electron chi connectivity index (χ4n) is 10.2. The molecule has 0 radical (unpaired) electrons. The van der Waals surface area contributed by atoms with Gasteiger partial charge >= 0.3 is 0 Å². The highest BCUT2D eigenvalue weighted by Gasteiger charge is 2.23. The van der Waals surface area contributed by atoms with Crippen molar-refractivity contribution in [3.05, 3.63) is 139 Å². The number of piperidine rings is 2. The van der Waals surface area contributed by atoms with Gasteiger partial charge in [-0.2, -0.15) is 0 Å². The van der Waals surface area contributed by atoms with Gasteiger partial charge in [-0.15, -0.1) is 0 Å². The normalized spacial score (nSPS) is 16.3. The van der Waals surface area contributed by atoms with Crippen LogP contribution >= 0.6 is 0 Å². The number of nitrogens with one attached hydrogen (secondary N) is 4. The zero-order valence-electron chi connectivity index (χ0n) is 42.0. The topological polar surface area (TPSA) is 170 Å². The molecule has 10 rings (SSSR count). The smallest absolute Gasteiger partial charge is 0.251 e. The molecule has 4 aromatic carbocycles. The van der Waals surface area contributed by atoms with Crippen LogP contribution in [0.5, 0.6) is 23.0 Å². The Balaban J connectivity index is 0.000000178. The van der Waals surface area contributed by atoms with Crippen LogP contribution in [0, 0.1) is 13.8 Å². The van der Waals surface area contributed by atoms with E-state index < -0.39 is 0 Å². The maximum absolute atomic E-state index is 13.0. The Bertz CT molecular complexity index is 2820. The first kappa shape index (κ1) is 50.2. The molecule has 0 bridgehead atoms. The van der Waals surface area contributed by atoms with Crippen molar-refractivity contribution in [1.29, 1.82) is 0 Å². The molecule has 2 saturated heterocycles. The molecule has 0 aliphatic carbocycles. The molecule has 6 heterocycles. The zero-order valence-corrected chi connectivity index (χ0v) is 42.0. The zero-order chi connectivity index (χ0) is 50.1. The number of pyridine rings is 2. The molecule has 0 unspecified atom stereocenters. The number of hydrogen-bond acceptors (Lipinski definition) is 12. The van der Waals surface area contributed by atoms with Crippen LogP contribution in [0.25, 0.3) is 21.8 Å². The van der Waals surface area contributed by atoms with Crippen molar-refractivity contribution in [2.45, 2.75) is 77.8 Å². The molecular formula is C56H68N8O8. The molecule has 4 aliphatic heterocycles. The Hall–Kier alpha value is -6.72. The molecule has 16 nitrogen and oxygen atoms in total. The predicted octanol–water partition coefficient (Wildman–Crippen LogP) is 5.39. The second-order valence-corrected chi connectivity index (χ2v) is 19.2. The highest BCUT2D eigenvalue weighted by atomic mass is 16.6. The fraction of sp³-hybridized carbons (Fsp3) is 0.429. The number of aryl methyl sites for hydroxylation is 2. The summed E-state index contributed by atoms with van der Waals surface area (Å²) in [6.45, 7) is 14.8. The van der Waals surface area contributed by atoms with E-state index in [1.165, 1.54) is 23.3 Å². The molecule has 16 heteroatoms. The lowest BCUT2D eigenvalue weighted by Crippen LogP contribution is -2.43. The number of rotatable bonds is 14. The van der Waals surface area contributed by atoms with Gasteiger partial charge in [0.15, 0.2) is 23.0 Å². The summed E-state index contributed by atoms with van der Waals surface area (Å²) in [4.78, 5) is 55.4. The summed E-state index contributed by atoms with van der Waals surface area (Å²) in [6.07, 6.45) is 4.26. The lowest BCUT2D eigenvalue weighted by molar-refractivity contribution is 0.0956. The number of carbonyl (C=O) groups is 2. The van der Waals surface area contributed by atoms with Gasteiger partial charge in [0.25, 0.3) is 22.9 Å². The van der Waals surface area contributed by atoms with Gasteiger partial charge in [-0.3, -0.25) is 19.2 Å². The van der Waals surface area contributed by atoms with Crippen LogP contribution in [0.2, 0.25) is 0 Å². The van der Waals surface area contributed by atoms with Gasteiger partial charge in [-0.1, -0.05) is 36.4 Å². The van der Waals surface area contributed by atoms with Crippen molar-refractivity contribution in [3.8, 4) is 23.0 Å². The monoisotopic (exact) mass is 981 g/mol. The molecule has 0 atom stereocenters. The summed E-state index contributed by atoms with van der Waals surface area (Å²) >= 11 is 0. The maximum atomic E-state index is 13.0. The molecule has 2 aromatic heterocycles. The highest BCUT2D eigenvalue weighted by molar-refractivity contribution is 6.07. The Labute approximate surface area is 420 Å². The van der Waals surface area contributed by atoms with E-state index in [9.17, 15) is 19.2 Å². The van der Waals surface area contributed by atoms with E-state index in [2.05, 4.69) is 55.3 Å². The molecule has 0 saturated carbocycles. The highest BCUT2D eigenvalue weighted by Crippen LogP contribution is 2.32. The van der Waals surface area contributed by atoms with Gasteiger partial charge in [-0.05, 0) is 124 Å². The summed E-state index contributed by atoms with van der Waals surface area (Å²) in [5.41, 5.74) is 6.74. The van der Waals surface area contributed by atoms with Crippen LogP contribution in [-0.4, -0.2) is 123 Å². The standard InChI is InChI=1S/2C28H34N4O4/c2*1-19-3-5-22-23(28(34)29-2)17-27(33)32(24(22)15-19)12-11-31-9-7-21(8-10-31)30-18-20-4-6-25-26(16-20)36-14-13-35-25/h2*3-6,15-17,21,30H,7-14,18H2,1-2H3,(H,29,34). The molecule has 0 spiro atoms. The largest absolute Gasteiger partial charge is 0.486 e.